The summed E-state index contributed by atoms with van der Waals surface area (Å²) < 4.78 is 27.9. The normalized spacial score (nSPS) is 13.3. The third-order valence-electron chi connectivity index (χ3n) is 2.68. The van der Waals surface area contributed by atoms with Gasteiger partial charge in [-0.05, 0) is 40.0 Å². The Morgan fingerprint density at radius 3 is 2.45 bits per heavy atom. The Balaban J connectivity index is 2.10. The predicted octanol–water partition coefficient (Wildman–Crippen LogP) is 2.39. The fraction of sp³-hybridized carbons (Fsp3) is 0.231. The van der Waals surface area contributed by atoms with Gasteiger partial charge in [0.25, 0.3) is 0 Å². The van der Waals surface area contributed by atoms with Crippen LogP contribution in [-0.2, 0) is 16.4 Å². The Bertz CT molecular complexity index is 655. The number of hydrogen-bond acceptors (Lipinski definition) is 4. The number of rotatable bonds is 6. The number of thiophene rings is 1. The van der Waals surface area contributed by atoms with Crippen molar-refractivity contribution in [3.05, 3.63) is 51.8 Å². The van der Waals surface area contributed by atoms with E-state index in [1.165, 1.54) is 6.07 Å². The minimum Gasteiger partial charge on any atom is -0.395 e. The van der Waals surface area contributed by atoms with E-state index < -0.39 is 16.1 Å². The zero-order valence-electron chi connectivity index (χ0n) is 10.5. The highest BCUT2D eigenvalue weighted by molar-refractivity contribution is 9.11. The molecule has 20 heavy (non-hydrogen) atoms. The highest BCUT2D eigenvalue weighted by Crippen LogP contribution is 2.26. The van der Waals surface area contributed by atoms with Crippen molar-refractivity contribution in [3.63, 3.8) is 0 Å². The van der Waals surface area contributed by atoms with Gasteiger partial charge in [-0.1, -0.05) is 30.3 Å². The van der Waals surface area contributed by atoms with Crippen LogP contribution in [0.15, 0.2) is 50.5 Å². The van der Waals surface area contributed by atoms with Crippen molar-refractivity contribution < 1.29 is 13.5 Å². The summed E-state index contributed by atoms with van der Waals surface area (Å²) in [5, 5.41) is 9.37. The van der Waals surface area contributed by atoms with Gasteiger partial charge in [-0.15, -0.1) is 11.3 Å². The Morgan fingerprint density at radius 1 is 1.20 bits per heavy atom. The third kappa shape index (κ3) is 4.13. The van der Waals surface area contributed by atoms with Crippen LogP contribution in [0.1, 0.15) is 5.56 Å². The molecule has 2 N–H and O–H groups in total. The molecule has 7 heteroatoms. The number of benzene rings is 1. The second-order valence-electron chi connectivity index (χ2n) is 4.25. The molecular weight excluding hydrogens is 362 g/mol. The molecule has 108 valence electrons. The van der Waals surface area contributed by atoms with Gasteiger partial charge in [-0.3, -0.25) is 0 Å². The van der Waals surface area contributed by atoms with Crippen LogP contribution in [0.5, 0.6) is 0 Å². The first-order valence-corrected chi connectivity index (χ1v) is 9.03. The number of hydrogen-bond donors (Lipinski definition) is 2. The third-order valence-corrected chi connectivity index (χ3v) is 6.32. The lowest BCUT2D eigenvalue weighted by atomic mass is 10.1. The molecule has 0 amide bonds. The van der Waals surface area contributed by atoms with Gasteiger partial charge in [0.1, 0.15) is 4.21 Å². The van der Waals surface area contributed by atoms with E-state index in [1.807, 2.05) is 30.3 Å². The number of nitrogens with one attached hydrogen (secondary N) is 1. The largest absolute Gasteiger partial charge is 0.395 e. The summed E-state index contributed by atoms with van der Waals surface area (Å²) in [7, 11) is -3.59. The van der Waals surface area contributed by atoms with Crippen molar-refractivity contribution in [1.29, 1.82) is 0 Å². The molecular formula is C13H14BrNO3S2. The predicted molar refractivity (Wildman–Crippen MR) is 83.4 cm³/mol. The van der Waals surface area contributed by atoms with Gasteiger partial charge in [0.15, 0.2) is 0 Å². The lowest BCUT2D eigenvalue weighted by molar-refractivity contribution is 0.256. The van der Waals surface area contributed by atoms with Crippen LogP contribution in [-0.4, -0.2) is 26.2 Å². The Labute approximate surface area is 130 Å². The molecule has 0 aliphatic carbocycles. The standard InChI is InChI=1S/C13H14BrNO3S2/c14-12-6-7-13(19-12)20(17,18)15-11(9-16)8-10-4-2-1-3-5-10/h1-7,11,15-16H,8-9H2/t11-/m1/s1. The van der Waals surface area contributed by atoms with Crippen molar-refractivity contribution in [2.45, 2.75) is 16.7 Å². The molecule has 0 saturated carbocycles. The van der Waals surface area contributed by atoms with Crippen LogP contribution in [0.4, 0.5) is 0 Å². The summed E-state index contributed by atoms with van der Waals surface area (Å²) in [6, 6.07) is 12.1. The quantitative estimate of drug-likeness (QED) is 0.814. The van der Waals surface area contributed by atoms with Gasteiger partial charge in [0.2, 0.25) is 10.0 Å². The maximum Gasteiger partial charge on any atom is 0.250 e. The van der Waals surface area contributed by atoms with E-state index in [-0.39, 0.29) is 10.8 Å². The van der Waals surface area contributed by atoms with E-state index >= 15 is 0 Å². The van der Waals surface area contributed by atoms with Crippen LogP contribution in [0, 0.1) is 0 Å². The molecule has 0 fully saturated rings. The SMILES string of the molecule is O=S(=O)(N[C@@H](CO)Cc1ccccc1)c1ccc(Br)s1. The highest BCUT2D eigenvalue weighted by Gasteiger charge is 2.21. The van der Waals surface area contributed by atoms with E-state index in [9.17, 15) is 13.5 Å². The van der Waals surface area contributed by atoms with Crippen molar-refractivity contribution >= 4 is 37.3 Å². The molecule has 1 heterocycles. The Hall–Kier alpha value is -0.730. The first-order chi connectivity index (χ1) is 9.51. The van der Waals surface area contributed by atoms with Gasteiger partial charge in [0.05, 0.1) is 10.4 Å². The molecule has 2 aromatic rings. The van der Waals surface area contributed by atoms with Crippen LogP contribution < -0.4 is 4.72 Å². The summed E-state index contributed by atoms with van der Waals surface area (Å²) in [6.07, 6.45) is 0.448. The van der Waals surface area contributed by atoms with E-state index in [2.05, 4.69) is 20.7 Å². The lowest BCUT2D eigenvalue weighted by Gasteiger charge is -2.15. The molecule has 0 bridgehead atoms. The average molecular weight is 376 g/mol. The molecule has 0 unspecified atom stereocenters. The fourth-order valence-electron chi connectivity index (χ4n) is 1.76. The van der Waals surface area contributed by atoms with Gasteiger partial charge in [0, 0.05) is 6.04 Å². The van der Waals surface area contributed by atoms with Crippen LogP contribution in [0.25, 0.3) is 0 Å². The Kier molecular flexibility index (Phi) is 5.34. The van der Waals surface area contributed by atoms with Crippen LogP contribution in [0.2, 0.25) is 0 Å². The smallest absolute Gasteiger partial charge is 0.250 e. The van der Waals surface area contributed by atoms with E-state index in [0.717, 1.165) is 20.7 Å². The maximum absolute atomic E-state index is 12.2. The number of sulfonamides is 1. The minimum atomic E-state index is -3.59. The van der Waals surface area contributed by atoms with E-state index in [0.29, 0.717) is 6.42 Å². The van der Waals surface area contributed by atoms with Gasteiger partial charge in [-0.2, -0.15) is 0 Å². The molecule has 0 aliphatic heterocycles. The fourth-order valence-corrected chi connectivity index (χ4v) is 5.02. The van der Waals surface area contributed by atoms with Gasteiger partial charge >= 0.3 is 0 Å². The Morgan fingerprint density at radius 2 is 1.90 bits per heavy atom. The van der Waals surface area contributed by atoms with Gasteiger partial charge < -0.3 is 5.11 Å². The molecule has 0 aliphatic rings. The molecule has 4 nitrogen and oxygen atoms in total. The second-order valence-corrected chi connectivity index (χ2v) is 8.65. The van der Waals surface area contributed by atoms with Crippen molar-refractivity contribution in [2.75, 3.05) is 6.61 Å². The topological polar surface area (TPSA) is 66.4 Å². The number of aliphatic hydroxyl groups excluding tert-OH is 1. The van der Waals surface area contributed by atoms with Crippen LogP contribution in [0.3, 0.4) is 0 Å². The summed E-state index contributed by atoms with van der Waals surface area (Å²) in [5.74, 6) is 0. The molecule has 2 rings (SSSR count). The van der Waals surface area contributed by atoms with Crippen LogP contribution >= 0.6 is 27.3 Å². The molecule has 0 saturated heterocycles. The summed E-state index contributed by atoms with van der Waals surface area (Å²) >= 11 is 4.38. The highest BCUT2D eigenvalue weighted by atomic mass is 79.9. The maximum atomic E-state index is 12.2. The lowest BCUT2D eigenvalue weighted by Crippen LogP contribution is -2.38. The molecule has 0 radical (unpaired) electrons. The van der Waals surface area contributed by atoms with Crippen molar-refractivity contribution in [2.24, 2.45) is 0 Å². The first kappa shape index (κ1) is 15.7. The van der Waals surface area contributed by atoms with E-state index in [1.54, 1.807) is 6.07 Å². The summed E-state index contributed by atoms with van der Waals surface area (Å²) in [6.45, 7) is -0.249. The van der Waals surface area contributed by atoms with E-state index in [4.69, 9.17) is 0 Å². The van der Waals surface area contributed by atoms with Crippen molar-refractivity contribution in [1.82, 2.24) is 4.72 Å². The monoisotopic (exact) mass is 375 g/mol. The number of halogens is 1. The molecule has 0 spiro atoms. The molecule has 1 aromatic heterocycles. The average Bonchev–Trinajstić information content (AvgIpc) is 2.86. The summed E-state index contributed by atoms with van der Waals surface area (Å²) in [5.41, 5.74) is 0.974. The summed E-state index contributed by atoms with van der Waals surface area (Å²) in [4.78, 5) is 0. The zero-order valence-corrected chi connectivity index (χ0v) is 13.7. The minimum absolute atomic E-state index is 0.232. The molecule has 1 aromatic carbocycles. The zero-order chi connectivity index (χ0) is 14.6. The van der Waals surface area contributed by atoms with Gasteiger partial charge in [-0.25, -0.2) is 13.1 Å². The molecule has 1 atom stereocenters. The number of aliphatic hydroxyl groups is 1. The van der Waals surface area contributed by atoms with Crippen molar-refractivity contribution in [3.8, 4) is 0 Å². The second kappa shape index (κ2) is 6.82. The first-order valence-electron chi connectivity index (χ1n) is 5.94.